The molecule has 3 unspecified atom stereocenters. The van der Waals surface area contributed by atoms with Crippen LogP contribution in [0.3, 0.4) is 0 Å². The minimum absolute atomic E-state index is 0.812. The predicted molar refractivity (Wildman–Crippen MR) is 80.7 cm³/mol. The van der Waals surface area contributed by atoms with E-state index in [4.69, 9.17) is 0 Å². The lowest BCUT2D eigenvalue weighted by Crippen LogP contribution is -2.25. The quantitative estimate of drug-likeness (QED) is 0.442. The summed E-state index contributed by atoms with van der Waals surface area (Å²) in [5, 5.41) is 0. The maximum absolute atomic E-state index is 3.90. The maximum Gasteiger partial charge on any atom is 0.0174 e. The third kappa shape index (κ3) is 5.44. The third-order valence-electron chi connectivity index (χ3n) is 3.76. The highest BCUT2D eigenvalue weighted by molar-refractivity contribution is 9.09. The highest BCUT2D eigenvalue weighted by Gasteiger charge is 2.27. The molecule has 3 atom stereocenters. The van der Waals surface area contributed by atoms with Crippen LogP contribution in [-0.2, 0) is 0 Å². The molecule has 1 fully saturated rings. The molecule has 0 N–H and O–H groups in total. The Morgan fingerprint density at radius 3 is 2.69 bits per heavy atom. The van der Waals surface area contributed by atoms with Crippen molar-refractivity contribution >= 4 is 27.7 Å². The Morgan fingerprint density at radius 2 is 2.00 bits per heavy atom. The smallest absolute Gasteiger partial charge is 0.0174 e. The van der Waals surface area contributed by atoms with Gasteiger partial charge in [-0.1, -0.05) is 42.6 Å². The molecule has 16 heavy (non-hydrogen) atoms. The number of thioether (sulfide) groups is 1. The lowest BCUT2D eigenvalue weighted by atomic mass is 9.77. The Labute approximate surface area is 114 Å². The first-order valence-corrected chi connectivity index (χ1v) is 9.06. The molecule has 0 aromatic rings. The van der Waals surface area contributed by atoms with Crippen LogP contribution in [0.2, 0.25) is 0 Å². The fourth-order valence-corrected chi connectivity index (χ4v) is 4.29. The largest absolute Gasteiger partial charge is 0.162 e. The van der Waals surface area contributed by atoms with Crippen molar-refractivity contribution in [2.75, 3.05) is 11.5 Å². The van der Waals surface area contributed by atoms with Crippen molar-refractivity contribution in [2.45, 2.75) is 63.6 Å². The lowest BCUT2D eigenvalue weighted by Gasteiger charge is -2.33. The SMILES string of the molecule is CCCC1CCC(Br)C(CCCSCC)C1. The van der Waals surface area contributed by atoms with Crippen LogP contribution >= 0.6 is 27.7 Å². The highest BCUT2D eigenvalue weighted by Crippen LogP contribution is 2.38. The van der Waals surface area contributed by atoms with Gasteiger partial charge in [0.2, 0.25) is 0 Å². The number of hydrogen-bond donors (Lipinski definition) is 0. The van der Waals surface area contributed by atoms with Crippen molar-refractivity contribution in [1.29, 1.82) is 0 Å². The molecule has 0 heterocycles. The number of hydrogen-bond acceptors (Lipinski definition) is 1. The second-order valence-corrected chi connectivity index (χ2v) is 7.65. The Balaban J connectivity index is 2.21. The fraction of sp³-hybridized carbons (Fsp3) is 1.00. The Hall–Kier alpha value is 0.830. The van der Waals surface area contributed by atoms with E-state index in [1.54, 1.807) is 0 Å². The van der Waals surface area contributed by atoms with Crippen molar-refractivity contribution in [3.8, 4) is 0 Å². The summed E-state index contributed by atoms with van der Waals surface area (Å²) < 4.78 is 0. The van der Waals surface area contributed by atoms with Crippen LogP contribution in [0.15, 0.2) is 0 Å². The summed E-state index contributed by atoms with van der Waals surface area (Å²) in [6.45, 7) is 4.59. The van der Waals surface area contributed by atoms with E-state index in [-0.39, 0.29) is 0 Å². The van der Waals surface area contributed by atoms with Gasteiger partial charge in [-0.25, -0.2) is 0 Å². The van der Waals surface area contributed by atoms with Gasteiger partial charge in [0.15, 0.2) is 0 Å². The van der Waals surface area contributed by atoms with Crippen molar-refractivity contribution in [1.82, 2.24) is 0 Å². The first-order chi connectivity index (χ1) is 7.77. The summed E-state index contributed by atoms with van der Waals surface area (Å²) in [6, 6.07) is 0. The number of rotatable bonds is 7. The maximum atomic E-state index is 3.90. The zero-order valence-corrected chi connectivity index (χ0v) is 13.3. The zero-order chi connectivity index (χ0) is 11.8. The summed E-state index contributed by atoms with van der Waals surface area (Å²) in [5.74, 6) is 4.64. The molecule has 0 amide bonds. The first-order valence-electron chi connectivity index (χ1n) is 6.99. The van der Waals surface area contributed by atoms with Crippen LogP contribution in [0.25, 0.3) is 0 Å². The van der Waals surface area contributed by atoms with Gasteiger partial charge in [-0.05, 0) is 55.4 Å². The van der Waals surface area contributed by atoms with Crippen LogP contribution in [0, 0.1) is 11.8 Å². The molecule has 0 nitrogen and oxygen atoms in total. The van der Waals surface area contributed by atoms with Crippen molar-refractivity contribution in [3.05, 3.63) is 0 Å². The molecule has 0 aromatic carbocycles. The molecular weight excluding hydrogens is 280 g/mol. The monoisotopic (exact) mass is 306 g/mol. The van der Waals surface area contributed by atoms with Gasteiger partial charge in [-0.2, -0.15) is 11.8 Å². The van der Waals surface area contributed by atoms with E-state index in [2.05, 4.69) is 41.5 Å². The fourth-order valence-electron chi connectivity index (χ4n) is 2.89. The van der Waals surface area contributed by atoms with E-state index >= 15 is 0 Å². The van der Waals surface area contributed by atoms with E-state index in [0.717, 1.165) is 16.7 Å². The lowest BCUT2D eigenvalue weighted by molar-refractivity contribution is 0.253. The normalized spacial score (nSPS) is 30.6. The molecule has 2 heteroatoms. The molecule has 1 aliphatic rings. The van der Waals surface area contributed by atoms with Crippen LogP contribution in [-0.4, -0.2) is 16.3 Å². The summed E-state index contributed by atoms with van der Waals surface area (Å²) in [4.78, 5) is 0.812. The van der Waals surface area contributed by atoms with Crippen LogP contribution in [0.4, 0.5) is 0 Å². The van der Waals surface area contributed by atoms with Crippen molar-refractivity contribution in [2.24, 2.45) is 11.8 Å². The van der Waals surface area contributed by atoms with Crippen molar-refractivity contribution in [3.63, 3.8) is 0 Å². The predicted octanol–water partition coefficient (Wildman–Crippen LogP) is 5.50. The third-order valence-corrected chi connectivity index (χ3v) is 5.95. The van der Waals surface area contributed by atoms with Crippen LogP contribution in [0.5, 0.6) is 0 Å². The molecule has 0 saturated heterocycles. The van der Waals surface area contributed by atoms with Gasteiger partial charge < -0.3 is 0 Å². The van der Waals surface area contributed by atoms with Gasteiger partial charge in [0.05, 0.1) is 0 Å². The first kappa shape index (κ1) is 14.9. The zero-order valence-electron chi connectivity index (χ0n) is 10.9. The second kappa shape index (κ2) is 8.85. The molecule has 1 aliphatic carbocycles. The van der Waals surface area contributed by atoms with Gasteiger partial charge >= 0.3 is 0 Å². The van der Waals surface area contributed by atoms with Gasteiger partial charge in [-0.3, -0.25) is 0 Å². The summed E-state index contributed by atoms with van der Waals surface area (Å²) in [5.41, 5.74) is 0. The van der Waals surface area contributed by atoms with E-state index < -0.39 is 0 Å². The molecule has 0 aliphatic heterocycles. The van der Waals surface area contributed by atoms with Gasteiger partial charge in [0, 0.05) is 4.83 Å². The Bertz CT molecular complexity index is 172. The summed E-state index contributed by atoms with van der Waals surface area (Å²) >= 11 is 5.99. The second-order valence-electron chi connectivity index (χ2n) is 5.08. The summed E-state index contributed by atoms with van der Waals surface area (Å²) in [7, 11) is 0. The number of halogens is 1. The molecule has 0 radical (unpaired) electrons. The minimum Gasteiger partial charge on any atom is -0.162 e. The average molecular weight is 307 g/mol. The van der Waals surface area contributed by atoms with Gasteiger partial charge in [0.1, 0.15) is 0 Å². The highest BCUT2D eigenvalue weighted by atomic mass is 79.9. The van der Waals surface area contributed by atoms with Crippen LogP contribution in [0.1, 0.15) is 58.8 Å². The molecule has 96 valence electrons. The molecule has 0 spiro atoms. The Kier molecular flexibility index (Phi) is 8.24. The van der Waals surface area contributed by atoms with E-state index in [0.29, 0.717) is 0 Å². The number of alkyl halides is 1. The standard InChI is InChI=1S/C14H27BrS/c1-3-6-12-8-9-14(15)13(11-12)7-5-10-16-4-2/h12-14H,3-11H2,1-2H3. The minimum atomic E-state index is 0.812. The topological polar surface area (TPSA) is 0 Å². The molecular formula is C14H27BrS. The van der Waals surface area contributed by atoms with E-state index in [1.807, 2.05) is 0 Å². The molecule has 1 saturated carbocycles. The van der Waals surface area contributed by atoms with Crippen molar-refractivity contribution < 1.29 is 0 Å². The van der Waals surface area contributed by atoms with Gasteiger partial charge in [-0.15, -0.1) is 0 Å². The molecule has 0 bridgehead atoms. The average Bonchev–Trinajstić information content (AvgIpc) is 2.29. The van der Waals surface area contributed by atoms with E-state index in [1.165, 1.54) is 56.5 Å². The van der Waals surface area contributed by atoms with Crippen LogP contribution < -0.4 is 0 Å². The van der Waals surface area contributed by atoms with Gasteiger partial charge in [0.25, 0.3) is 0 Å². The summed E-state index contributed by atoms with van der Waals surface area (Å²) in [6.07, 6.45) is 10.1. The molecule has 0 aromatic heterocycles. The van der Waals surface area contributed by atoms with E-state index in [9.17, 15) is 0 Å². The molecule has 1 rings (SSSR count). The Morgan fingerprint density at radius 1 is 1.19 bits per heavy atom.